The van der Waals surface area contributed by atoms with Gasteiger partial charge in [-0.1, -0.05) is 38.5 Å². The second-order valence-electron chi connectivity index (χ2n) is 9.33. The predicted molar refractivity (Wildman–Crippen MR) is 136 cm³/mol. The van der Waals surface area contributed by atoms with Crippen LogP contribution in [0.1, 0.15) is 55.4 Å². The molecule has 2 aromatic heterocycles. The summed E-state index contributed by atoms with van der Waals surface area (Å²) in [6.45, 7) is 4.30. The fourth-order valence-electron chi connectivity index (χ4n) is 5.17. The van der Waals surface area contributed by atoms with Crippen LogP contribution in [0.3, 0.4) is 0 Å². The number of pyridine rings is 2. The molecule has 1 N–H and O–H groups in total. The third-order valence-electron chi connectivity index (χ3n) is 7.26. The van der Waals surface area contributed by atoms with Crippen LogP contribution in [0, 0.1) is 0 Å². The van der Waals surface area contributed by atoms with Crippen LogP contribution in [-0.4, -0.2) is 38.4 Å². The van der Waals surface area contributed by atoms with Gasteiger partial charge in [0.1, 0.15) is 18.1 Å². The Morgan fingerprint density at radius 1 is 1.18 bits per heavy atom. The number of carbonyl (C=O) groups is 1. The van der Waals surface area contributed by atoms with Crippen LogP contribution >= 0.6 is 0 Å². The highest BCUT2D eigenvalue weighted by atomic mass is 32.2. The van der Waals surface area contributed by atoms with E-state index in [0.29, 0.717) is 34.3 Å². The second-order valence-corrected chi connectivity index (χ2v) is 11.7. The van der Waals surface area contributed by atoms with E-state index in [4.69, 9.17) is 9.72 Å². The first-order valence-corrected chi connectivity index (χ1v) is 14.0. The van der Waals surface area contributed by atoms with Gasteiger partial charge in [-0.05, 0) is 41.4 Å². The lowest BCUT2D eigenvalue weighted by Crippen LogP contribution is -2.44. The van der Waals surface area contributed by atoms with Crippen LogP contribution in [0.2, 0.25) is 0 Å². The van der Waals surface area contributed by atoms with Crippen molar-refractivity contribution in [2.75, 3.05) is 17.8 Å². The number of hydrogen-bond donors (Lipinski definition) is 1. The minimum Gasteiger partial charge on any atom is -0.458 e. The molecule has 0 fully saturated rings. The summed E-state index contributed by atoms with van der Waals surface area (Å²) in [4.78, 5) is 30.9. The number of carbonyl (C=O) groups excluding carboxylic acids is 1. The van der Waals surface area contributed by atoms with Gasteiger partial charge in [0, 0.05) is 22.9 Å². The Kier molecular flexibility index (Phi) is 6.02. The first-order chi connectivity index (χ1) is 16.4. The van der Waals surface area contributed by atoms with Gasteiger partial charge in [-0.2, -0.15) is 0 Å². The molecule has 0 amide bonds. The van der Waals surface area contributed by atoms with Gasteiger partial charge in [-0.3, -0.25) is 4.79 Å². The largest absolute Gasteiger partial charge is 0.458 e. The van der Waals surface area contributed by atoms with Crippen LogP contribution in [0.4, 0.5) is 0 Å². The van der Waals surface area contributed by atoms with E-state index in [1.165, 1.54) is 24.2 Å². The summed E-state index contributed by atoms with van der Waals surface area (Å²) in [6, 6.07) is 9.96. The molecule has 0 saturated carbocycles. The first kappa shape index (κ1) is 23.1. The van der Waals surface area contributed by atoms with E-state index in [1.54, 1.807) is 17.6 Å². The summed E-state index contributed by atoms with van der Waals surface area (Å²) in [5.74, 6) is 1.66. The molecule has 5 rings (SSSR count). The average molecular weight is 480 g/mol. The topological polar surface area (TPSA) is 81.4 Å². The lowest BCUT2D eigenvalue weighted by atomic mass is 9.86. The van der Waals surface area contributed by atoms with Gasteiger partial charge < -0.3 is 14.4 Å². The Morgan fingerprint density at radius 2 is 1.97 bits per heavy atom. The molecule has 0 radical (unpaired) electrons. The van der Waals surface area contributed by atoms with Gasteiger partial charge in [0.05, 0.1) is 35.3 Å². The molecule has 3 aromatic rings. The number of hydrogen-bond acceptors (Lipinski definition) is 5. The number of rotatable bonds is 7. The van der Waals surface area contributed by atoms with Crippen molar-refractivity contribution in [2.24, 2.45) is 0 Å². The number of unbranched alkanes of at least 4 members (excludes halogenated alkanes) is 1. The molecule has 2 aliphatic rings. The van der Waals surface area contributed by atoms with Crippen molar-refractivity contribution in [3.05, 3.63) is 62.9 Å². The summed E-state index contributed by atoms with van der Waals surface area (Å²) in [7, 11) is 0.342. The molecular weight excluding hydrogens is 448 g/mol. The van der Waals surface area contributed by atoms with Crippen LogP contribution in [0.5, 0.6) is 0 Å². The number of nitrogens with zero attached hydrogens (tertiary/aromatic N) is 2. The maximum atomic E-state index is 13.5. The molecule has 2 aliphatic heterocycles. The van der Waals surface area contributed by atoms with E-state index in [-0.39, 0.29) is 18.6 Å². The predicted octanol–water partition coefficient (Wildman–Crippen LogP) is 3.67. The molecule has 0 spiro atoms. The van der Waals surface area contributed by atoms with Crippen molar-refractivity contribution < 1.29 is 14.6 Å². The van der Waals surface area contributed by atoms with Crippen molar-refractivity contribution in [3.8, 4) is 11.4 Å². The van der Waals surface area contributed by atoms with Crippen molar-refractivity contribution in [3.63, 3.8) is 0 Å². The maximum Gasteiger partial charge on any atom is 0.343 e. The van der Waals surface area contributed by atoms with Crippen LogP contribution in [-0.2, 0) is 45.6 Å². The molecule has 7 heteroatoms. The van der Waals surface area contributed by atoms with Crippen molar-refractivity contribution in [1.82, 2.24) is 9.55 Å². The molecule has 1 unspecified atom stereocenters. The summed E-state index contributed by atoms with van der Waals surface area (Å²) >= 11 is 0. The van der Waals surface area contributed by atoms with Crippen LogP contribution < -0.4 is 5.56 Å². The minimum atomic E-state index is -1.80. The summed E-state index contributed by atoms with van der Waals surface area (Å²) in [5.41, 5.74) is 3.42. The third-order valence-corrected chi connectivity index (χ3v) is 9.15. The molecule has 0 saturated heterocycles. The molecule has 6 nitrogen and oxygen atoms in total. The SMILES string of the molecule is CCCC[S+](C)CCc1c2c(nc3ccccc13)-c1cc3c(c(=O)n1C2)COC(=O)[C@]3(O)CC. The lowest BCUT2D eigenvalue weighted by Gasteiger charge is -2.31. The summed E-state index contributed by atoms with van der Waals surface area (Å²) in [6.07, 6.45) is 5.89. The van der Waals surface area contributed by atoms with Crippen molar-refractivity contribution in [1.29, 1.82) is 0 Å². The molecule has 0 bridgehead atoms. The number of aryl methyl sites for hydroxylation is 1. The van der Waals surface area contributed by atoms with Gasteiger partial charge >= 0.3 is 5.97 Å². The highest BCUT2D eigenvalue weighted by molar-refractivity contribution is 7.96. The quantitative estimate of drug-likeness (QED) is 0.323. The Morgan fingerprint density at radius 3 is 2.74 bits per heavy atom. The number of esters is 1. The maximum absolute atomic E-state index is 13.5. The van der Waals surface area contributed by atoms with Crippen LogP contribution in [0.25, 0.3) is 22.3 Å². The highest BCUT2D eigenvalue weighted by Gasteiger charge is 2.45. The van der Waals surface area contributed by atoms with Crippen molar-refractivity contribution in [2.45, 2.75) is 58.3 Å². The van der Waals surface area contributed by atoms with E-state index in [9.17, 15) is 14.7 Å². The Balaban J connectivity index is 1.66. The third kappa shape index (κ3) is 3.57. The van der Waals surface area contributed by atoms with E-state index in [2.05, 4.69) is 19.2 Å². The molecule has 1 aromatic carbocycles. The first-order valence-electron chi connectivity index (χ1n) is 12.1. The number of aliphatic hydroxyl groups is 1. The summed E-state index contributed by atoms with van der Waals surface area (Å²) in [5, 5.41) is 12.2. The average Bonchev–Trinajstić information content (AvgIpc) is 3.21. The van der Waals surface area contributed by atoms with Gasteiger partial charge in [0.25, 0.3) is 5.56 Å². The zero-order valence-electron chi connectivity index (χ0n) is 20.0. The molecular formula is C27H31N2O4S+. The normalized spacial score (nSPS) is 19.5. The Hall–Kier alpha value is -2.64. The second kappa shape index (κ2) is 8.86. The Bertz CT molecular complexity index is 1350. The van der Waals surface area contributed by atoms with Gasteiger partial charge in [0.15, 0.2) is 5.60 Å². The number of fused-ring (bicyclic) bond motifs is 5. The van der Waals surface area contributed by atoms with E-state index in [1.807, 2.05) is 18.2 Å². The molecule has 0 aliphatic carbocycles. The summed E-state index contributed by atoms with van der Waals surface area (Å²) < 4.78 is 6.93. The molecule has 34 heavy (non-hydrogen) atoms. The molecule has 4 heterocycles. The minimum absolute atomic E-state index is 0.107. The number of ether oxygens (including phenoxy) is 1. The monoisotopic (exact) mass is 479 g/mol. The number of para-hydroxylation sites is 1. The van der Waals surface area contributed by atoms with E-state index < -0.39 is 11.6 Å². The number of benzene rings is 1. The molecule has 2 atom stereocenters. The van der Waals surface area contributed by atoms with E-state index >= 15 is 0 Å². The lowest BCUT2D eigenvalue weighted by molar-refractivity contribution is -0.172. The highest BCUT2D eigenvalue weighted by Crippen LogP contribution is 2.40. The fraction of sp³-hybridized carbons (Fsp3) is 0.444. The molecule has 178 valence electrons. The van der Waals surface area contributed by atoms with Gasteiger partial charge in [-0.25, -0.2) is 9.78 Å². The smallest absolute Gasteiger partial charge is 0.343 e. The van der Waals surface area contributed by atoms with Crippen LogP contribution in [0.15, 0.2) is 35.1 Å². The van der Waals surface area contributed by atoms with Crippen molar-refractivity contribution >= 4 is 27.8 Å². The van der Waals surface area contributed by atoms with Gasteiger partial charge in [0.2, 0.25) is 0 Å². The standard InChI is InChI=1S/C27H31N2O4S/c1-4-6-12-34(3)13-11-17-18-9-7-8-10-22(18)28-24-19(17)15-29-23(24)14-21-20(25(29)30)16-33-26(31)27(21,32)5-2/h7-10,14,32H,4-6,11-13,15-16H2,1-3H3/q+1/t27-,34?/m0/s1. The zero-order chi connectivity index (χ0) is 24.0. The number of cyclic esters (lactones) is 1. The Labute approximate surface area is 202 Å². The van der Waals surface area contributed by atoms with Gasteiger partial charge in [-0.15, -0.1) is 0 Å². The number of aromatic nitrogens is 2. The zero-order valence-corrected chi connectivity index (χ0v) is 20.8. The fourth-order valence-corrected chi connectivity index (χ4v) is 6.71. The van der Waals surface area contributed by atoms with E-state index in [0.717, 1.165) is 34.3 Å².